The number of imide groups is 1. The molecule has 1 aromatic rings. The lowest BCUT2D eigenvalue weighted by Gasteiger charge is -2.36. The minimum atomic E-state index is -0.732. The average Bonchev–Trinajstić information content (AvgIpc) is 2.55. The molecule has 3 amide bonds. The Bertz CT molecular complexity index is 589. The van der Waals surface area contributed by atoms with E-state index in [1.165, 1.54) is 0 Å². The lowest BCUT2D eigenvalue weighted by Crippen LogP contribution is -2.53. The highest BCUT2D eigenvalue weighted by Gasteiger charge is 2.23. The molecule has 1 saturated heterocycles. The Hall–Kier alpha value is -2.75. The number of hydrogen-bond acceptors (Lipinski definition) is 5. The van der Waals surface area contributed by atoms with Gasteiger partial charge in [0.1, 0.15) is 6.07 Å². The van der Waals surface area contributed by atoms with Gasteiger partial charge in [0.25, 0.3) is 0 Å². The second-order valence-corrected chi connectivity index (χ2v) is 4.75. The van der Waals surface area contributed by atoms with Gasteiger partial charge in [-0.25, -0.2) is 14.9 Å². The zero-order valence-corrected chi connectivity index (χ0v) is 12.4. The molecule has 116 valence electrons. The largest absolute Gasteiger partial charge is 0.450 e. The number of alkyl carbamates (subject to hydrolysis) is 1. The summed E-state index contributed by atoms with van der Waals surface area (Å²) in [6.07, 6.45) is -0.732. The van der Waals surface area contributed by atoms with Gasteiger partial charge in [-0.2, -0.15) is 5.26 Å². The lowest BCUT2D eigenvalue weighted by molar-refractivity contribution is 0.146. The molecule has 1 aromatic carbocycles. The fraction of sp³-hybridized carbons (Fsp3) is 0.400. The van der Waals surface area contributed by atoms with Crippen LogP contribution in [0.1, 0.15) is 12.5 Å². The first kappa shape index (κ1) is 15.6. The van der Waals surface area contributed by atoms with Gasteiger partial charge in [0, 0.05) is 26.2 Å². The molecule has 22 heavy (non-hydrogen) atoms. The van der Waals surface area contributed by atoms with Crippen LogP contribution >= 0.6 is 0 Å². The second-order valence-electron chi connectivity index (χ2n) is 4.75. The van der Waals surface area contributed by atoms with Gasteiger partial charge in [0.2, 0.25) is 0 Å². The molecule has 1 aliphatic rings. The molecule has 0 bridgehead atoms. The number of nitrogens with zero attached hydrogens (tertiary/aromatic N) is 3. The fourth-order valence-electron chi connectivity index (χ4n) is 2.33. The van der Waals surface area contributed by atoms with Crippen LogP contribution in [0.5, 0.6) is 0 Å². The van der Waals surface area contributed by atoms with Crippen molar-refractivity contribution in [2.24, 2.45) is 0 Å². The molecule has 0 saturated carbocycles. The molecule has 0 aromatic heterocycles. The number of amides is 3. The fourth-order valence-corrected chi connectivity index (χ4v) is 2.33. The van der Waals surface area contributed by atoms with Crippen LogP contribution in [0.15, 0.2) is 24.3 Å². The molecule has 1 heterocycles. The van der Waals surface area contributed by atoms with Gasteiger partial charge in [-0.1, -0.05) is 12.1 Å². The van der Waals surface area contributed by atoms with Crippen molar-refractivity contribution in [1.29, 1.82) is 5.26 Å². The average molecular weight is 302 g/mol. The Morgan fingerprint density at radius 1 is 1.27 bits per heavy atom. The zero-order chi connectivity index (χ0) is 15.9. The van der Waals surface area contributed by atoms with Crippen LogP contribution in [0.4, 0.5) is 15.3 Å². The highest BCUT2D eigenvalue weighted by Crippen LogP contribution is 2.20. The van der Waals surface area contributed by atoms with Gasteiger partial charge in [-0.05, 0) is 19.1 Å². The van der Waals surface area contributed by atoms with Crippen LogP contribution < -0.4 is 10.2 Å². The molecule has 1 aliphatic heterocycles. The number of hydrogen-bond donors (Lipinski definition) is 1. The molecule has 7 nitrogen and oxygen atoms in total. The minimum Gasteiger partial charge on any atom is -0.450 e. The van der Waals surface area contributed by atoms with Gasteiger partial charge in [0.05, 0.1) is 17.9 Å². The molecule has 0 spiro atoms. The molecule has 0 radical (unpaired) electrons. The number of nitrogens with one attached hydrogen (secondary N) is 1. The Morgan fingerprint density at radius 2 is 1.95 bits per heavy atom. The number of para-hydroxylation sites is 1. The summed E-state index contributed by atoms with van der Waals surface area (Å²) in [4.78, 5) is 26.8. The second kappa shape index (κ2) is 7.31. The zero-order valence-electron chi connectivity index (χ0n) is 12.4. The van der Waals surface area contributed by atoms with E-state index in [0.717, 1.165) is 5.69 Å². The third-order valence-corrected chi connectivity index (χ3v) is 3.42. The summed E-state index contributed by atoms with van der Waals surface area (Å²) in [5.41, 5.74) is 1.49. The van der Waals surface area contributed by atoms with Crippen molar-refractivity contribution < 1.29 is 14.3 Å². The Balaban J connectivity index is 1.92. The van der Waals surface area contributed by atoms with E-state index < -0.39 is 12.1 Å². The van der Waals surface area contributed by atoms with Gasteiger partial charge >= 0.3 is 12.1 Å². The van der Waals surface area contributed by atoms with E-state index in [9.17, 15) is 9.59 Å². The van der Waals surface area contributed by atoms with Crippen LogP contribution in [0.25, 0.3) is 0 Å². The first-order valence-corrected chi connectivity index (χ1v) is 7.12. The Morgan fingerprint density at radius 3 is 2.59 bits per heavy atom. The summed E-state index contributed by atoms with van der Waals surface area (Å²) in [6, 6.07) is 9.10. The van der Waals surface area contributed by atoms with Crippen molar-refractivity contribution in [3.05, 3.63) is 29.8 Å². The number of carbonyl (C=O) groups excluding carboxylic acids is 2. The smallest absolute Gasteiger partial charge is 0.415 e. The number of rotatable bonds is 2. The SMILES string of the molecule is CCOC(=O)NC(=O)N1CCN(c2ccccc2C#N)CC1. The van der Waals surface area contributed by atoms with Crippen LogP contribution in [0.2, 0.25) is 0 Å². The number of piperazine rings is 1. The summed E-state index contributed by atoms with van der Waals surface area (Å²) in [5, 5.41) is 11.3. The van der Waals surface area contributed by atoms with Crippen LogP contribution in [-0.4, -0.2) is 49.8 Å². The maximum absolute atomic E-state index is 11.9. The minimum absolute atomic E-state index is 0.220. The number of carbonyl (C=O) groups is 2. The number of ether oxygens (including phenoxy) is 1. The van der Waals surface area contributed by atoms with Gasteiger partial charge in [-0.3, -0.25) is 0 Å². The predicted octanol–water partition coefficient (Wildman–Crippen LogP) is 1.55. The van der Waals surface area contributed by atoms with E-state index in [4.69, 9.17) is 5.26 Å². The number of benzene rings is 1. The molecule has 0 aliphatic carbocycles. The van der Waals surface area contributed by atoms with Crippen molar-refractivity contribution in [3.63, 3.8) is 0 Å². The van der Waals surface area contributed by atoms with E-state index in [2.05, 4.69) is 21.0 Å². The molecule has 7 heteroatoms. The van der Waals surface area contributed by atoms with Crippen molar-refractivity contribution in [1.82, 2.24) is 10.2 Å². The van der Waals surface area contributed by atoms with E-state index in [1.807, 2.05) is 18.2 Å². The molecular weight excluding hydrogens is 284 g/mol. The summed E-state index contributed by atoms with van der Waals surface area (Å²) < 4.78 is 4.68. The van der Waals surface area contributed by atoms with E-state index in [1.54, 1.807) is 17.9 Å². The van der Waals surface area contributed by atoms with Crippen LogP contribution in [0, 0.1) is 11.3 Å². The van der Waals surface area contributed by atoms with Crippen molar-refractivity contribution in [2.45, 2.75) is 6.92 Å². The maximum atomic E-state index is 11.9. The van der Waals surface area contributed by atoms with Crippen molar-refractivity contribution >= 4 is 17.8 Å². The Labute approximate surface area is 129 Å². The van der Waals surface area contributed by atoms with E-state index in [0.29, 0.717) is 31.7 Å². The molecule has 2 rings (SSSR count). The highest BCUT2D eigenvalue weighted by molar-refractivity contribution is 5.90. The predicted molar refractivity (Wildman–Crippen MR) is 80.5 cm³/mol. The lowest BCUT2D eigenvalue weighted by atomic mass is 10.1. The van der Waals surface area contributed by atoms with Gasteiger partial charge in [-0.15, -0.1) is 0 Å². The topological polar surface area (TPSA) is 85.7 Å². The van der Waals surface area contributed by atoms with Crippen molar-refractivity contribution in [2.75, 3.05) is 37.7 Å². The number of nitriles is 1. The van der Waals surface area contributed by atoms with Crippen LogP contribution in [-0.2, 0) is 4.74 Å². The summed E-state index contributed by atoms with van der Waals surface area (Å²) in [5.74, 6) is 0. The summed E-state index contributed by atoms with van der Waals surface area (Å²) in [6.45, 7) is 4.06. The normalized spacial score (nSPS) is 14.2. The van der Waals surface area contributed by atoms with Crippen LogP contribution in [0.3, 0.4) is 0 Å². The van der Waals surface area contributed by atoms with E-state index >= 15 is 0 Å². The first-order valence-electron chi connectivity index (χ1n) is 7.12. The first-order chi connectivity index (χ1) is 10.7. The van der Waals surface area contributed by atoms with Gasteiger partial charge < -0.3 is 14.5 Å². The van der Waals surface area contributed by atoms with Gasteiger partial charge in [0.15, 0.2) is 0 Å². The third kappa shape index (κ3) is 3.67. The molecule has 1 N–H and O–H groups in total. The number of urea groups is 1. The molecule has 1 fully saturated rings. The quantitative estimate of drug-likeness (QED) is 0.895. The third-order valence-electron chi connectivity index (χ3n) is 3.42. The number of anilines is 1. The molecular formula is C15H18N4O3. The summed E-state index contributed by atoms with van der Waals surface area (Å²) >= 11 is 0. The van der Waals surface area contributed by atoms with Crippen molar-refractivity contribution in [3.8, 4) is 6.07 Å². The Kier molecular flexibility index (Phi) is 5.20. The highest BCUT2D eigenvalue weighted by atomic mass is 16.5. The molecule has 0 atom stereocenters. The van der Waals surface area contributed by atoms with E-state index in [-0.39, 0.29) is 6.61 Å². The maximum Gasteiger partial charge on any atom is 0.415 e. The standard InChI is InChI=1S/C15H18N4O3/c1-2-22-15(21)17-14(20)19-9-7-18(8-10-19)13-6-4-3-5-12(13)11-16/h3-6H,2,7-10H2,1H3,(H,17,20,21). The monoisotopic (exact) mass is 302 g/mol. The summed E-state index contributed by atoms with van der Waals surface area (Å²) in [7, 11) is 0. The molecule has 0 unspecified atom stereocenters.